The van der Waals surface area contributed by atoms with Crippen molar-refractivity contribution in [3.63, 3.8) is 0 Å². The van der Waals surface area contributed by atoms with E-state index >= 15 is 0 Å². The molecule has 5 nitrogen and oxygen atoms in total. The molecule has 2 N–H and O–H groups in total. The van der Waals surface area contributed by atoms with Crippen LogP contribution in [0.25, 0.3) is 11.3 Å². The molecule has 130 valence electrons. The van der Waals surface area contributed by atoms with Crippen molar-refractivity contribution in [3.05, 3.63) is 41.0 Å². The highest BCUT2D eigenvalue weighted by molar-refractivity contribution is 6.33. The van der Waals surface area contributed by atoms with Gasteiger partial charge in [-0.15, -0.1) is 0 Å². The van der Waals surface area contributed by atoms with E-state index in [9.17, 15) is 4.79 Å². The van der Waals surface area contributed by atoms with Crippen LogP contribution in [0.2, 0.25) is 5.02 Å². The molecule has 1 aromatic heterocycles. The number of hydrogen-bond donors (Lipinski definition) is 2. The average molecular weight is 349 g/mol. The number of carbonyl (C=O) groups excluding carboxylic acids is 1. The molecule has 6 heteroatoms. The summed E-state index contributed by atoms with van der Waals surface area (Å²) < 4.78 is 1.81. The van der Waals surface area contributed by atoms with Crippen molar-refractivity contribution in [1.82, 2.24) is 20.4 Å². The van der Waals surface area contributed by atoms with Gasteiger partial charge in [0.25, 0.3) is 5.91 Å². The van der Waals surface area contributed by atoms with Gasteiger partial charge in [-0.3, -0.25) is 9.48 Å². The van der Waals surface area contributed by atoms with E-state index in [1.807, 2.05) is 57.6 Å². The standard InChI is InChI=1S/C18H25ClN4O/c1-12(20-5)10-21-17(24)14-11-23(18(2,3)4)22-16(14)13-8-6-7-9-15(13)19/h6-9,11-12,20H,10H2,1-5H3,(H,21,24). The fourth-order valence-corrected chi connectivity index (χ4v) is 2.40. The fourth-order valence-electron chi connectivity index (χ4n) is 2.18. The molecular weight excluding hydrogens is 324 g/mol. The second-order valence-electron chi connectivity index (χ2n) is 6.89. The van der Waals surface area contributed by atoms with E-state index in [0.717, 1.165) is 5.56 Å². The number of benzene rings is 1. The number of carbonyl (C=O) groups is 1. The molecule has 1 amide bonds. The van der Waals surface area contributed by atoms with Gasteiger partial charge in [0.15, 0.2) is 0 Å². The van der Waals surface area contributed by atoms with E-state index in [0.29, 0.717) is 22.8 Å². The zero-order valence-electron chi connectivity index (χ0n) is 14.9. The number of likely N-dealkylation sites (N-methyl/N-ethyl adjacent to an activating group) is 1. The minimum atomic E-state index is -0.229. The Morgan fingerprint density at radius 3 is 2.58 bits per heavy atom. The second kappa shape index (κ2) is 7.36. The number of halogens is 1. The summed E-state index contributed by atoms with van der Waals surface area (Å²) >= 11 is 6.32. The first kappa shape index (κ1) is 18.5. The fraction of sp³-hybridized carbons (Fsp3) is 0.444. The maximum atomic E-state index is 12.7. The van der Waals surface area contributed by atoms with Crippen LogP contribution in [-0.4, -0.2) is 35.3 Å². The molecule has 0 saturated carbocycles. The lowest BCUT2D eigenvalue weighted by Gasteiger charge is -2.18. The Bertz CT molecular complexity index is 718. The third kappa shape index (κ3) is 4.16. The predicted octanol–water partition coefficient (Wildman–Crippen LogP) is 3.30. The van der Waals surface area contributed by atoms with Gasteiger partial charge >= 0.3 is 0 Å². The molecule has 0 bridgehead atoms. The maximum absolute atomic E-state index is 12.7. The van der Waals surface area contributed by atoms with Gasteiger partial charge in [0.1, 0.15) is 5.69 Å². The van der Waals surface area contributed by atoms with E-state index in [4.69, 9.17) is 11.6 Å². The van der Waals surface area contributed by atoms with Crippen molar-refractivity contribution < 1.29 is 4.79 Å². The Hall–Kier alpha value is -1.85. The number of amides is 1. The van der Waals surface area contributed by atoms with Crippen molar-refractivity contribution in [2.24, 2.45) is 0 Å². The minimum absolute atomic E-state index is 0.150. The van der Waals surface area contributed by atoms with Crippen LogP contribution < -0.4 is 10.6 Å². The van der Waals surface area contributed by atoms with Crippen LogP contribution in [0.15, 0.2) is 30.5 Å². The molecule has 1 aromatic carbocycles. The quantitative estimate of drug-likeness (QED) is 0.871. The Balaban J connectivity index is 2.44. The highest BCUT2D eigenvalue weighted by Crippen LogP contribution is 2.30. The zero-order chi connectivity index (χ0) is 17.9. The van der Waals surface area contributed by atoms with Crippen LogP contribution in [0.4, 0.5) is 0 Å². The first-order valence-corrected chi connectivity index (χ1v) is 8.42. The minimum Gasteiger partial charge on any atom is -0.350 e. The van der Waals surface area contributed by atoms with Crippen molar-refractivity contribution in [1.29, 1.82) is 0 Å². The number of aromatic nitrogens is 2. The van der Waals surface area contributed by atoms with E-state index in [1.165, 1.54) is 0 Å². The van der Waals surface area contributed by atoms with Crippen LogP contribution in [0, 0.1) is 0 Å². The molecule has 1 unspecified atom stereocenters. The number of hydrogen-bond acceptors (Lipinski definition) is 3. The van der Waals surface area contributed by atoms with Crippen LogP contribution in [-0.2, 0) is 5.54 Å². The number of nitrogens with one attached hydrogen (secondary N) is 2. The van der Waals surface area contributed by atoms with E-state index < -0.39 is 0 Å². The highest BCUT2D eigenvalue weighted by Gasteiger charge is 2.24. The van der Waals surface area contributed by atoms with Gasteiger partial charge in [0.2, 0.25) is 0 Å². The van der Waals surface area contributed by atoms with Gasteiger partial charge in [-0.2, -0.15) is 5.10 Å². The average Bonchev–Trinajstić information content (AvgIpc) is 2.98. The van der Waals surface area contributed by atoms with Crippen molar-refractivity contribution in [2.75, 3.05) is 13.6 Å². The lowest BCUT2D eigenvalue weighted by molar-refractivity contribution is 0.0951. The van der Waals surface area contributed by atoms with Gasteiger partial charge in [0, 0.05) is 24.3 Å². The summed E-state index contributed by atoms with van der Waals surface area (Å²) in [6, 6.07) is 7.63. The summed E-state index contributed by atoms with van der Waals surface area (Å²) in [5, 5.41) is 11.3. The zero-order valence-corrected chi connectivity index (χ0v) is 15.6. The van der Waals surface area contributed by atoms with Gasteiger partial charge in [-0.05, 0) is 40.8 Å². The summed E-state index contributed by atoms with van der Waals surface area (Å²) in [6.45, 7) is 8.68. The number of nitrogens with zero attached hydrogens (tertiary/aromatic N) is 2. The normalized spacial score (nSPS) is 12.9. The monoisotopic (exact) mass is 348 g/mol. The molecule has 1 heterocycles. The molecule has 0 fully saturated rings. The van der Waals surface area contributed by atoms with Crippen LogP contribution >= 0.6 is 11.6 Å². The molecule has 0 aliphatic heterocycles. The summed E-state index contributed by atoms with van der Waals surface area (Å²) in [7, 11) is 1.86. The van der Waals surface area contributed by atoms with E-state index in [1.54, 1.807) is 12.3 Å². The van der Waals surface area contributed by atoms with Crippen LogP contribution in [0.1, 0.15) is 38.1 Å². The second-order valence-corrected chi connectivity index (χ2v) is 7.29. The third-order valence-corrected chi connectivity index (χ3v) is 4.17. The molecule has 0 spiro atoms. The Labute approximate surface area is 148 Å². The van der Waals surface area contributed by atoms with E-state index in [2.05, 4.69) is 15.7 Å². The van der Waals surface area contributed by atoms with Crippen molar-refractivity contribution >= 4 is 17.5 Å². The van der Waals surface area contributed by atoms with Crippen molar-refractivity contribution in [2.45, 2.75) is 39.3 Å². The first-order chi connectivity index (χ1) is 11.2. The van der Waals surface area contributed by atoms with Crippen LogP contribution in [0.5, 0.6) is 0 Å². The Morgan fingerprint density at radius 2 is 2.00 bits per heavy atom. The first-order valence-electron chi connectivity index (χ1n) is 8.04. The molecule has 0 radical (unpaired) electrons. The van der Waals surface area contributed by atoms with Crippen molar-refractivity contribution in [3.8, 4) is 11.3 Å². The lowest BCUT2D eigenvalue weighted by atomic mass is 10.1. The van der Waals surface area contributed by atoms with Gasteiger partial charge in [-0.1, -0.05) is 29.8 Å². The predicted molar refractivity (Wildman–Crippen MR) is 98.5 cm³/mol. The molecule has 24 heavy (non-hydrogen) atoms. The van der Waals surface area contributed by atoms with Crippen LogP contribution in [0.3, 0.4) is 0 Å². The summed E-state index contributed by atoms with van der Waals surface area (Å²) in [5.74, 6) is -0.150. The summed E-state index contributed by atoms with van der Waals surface area (Å²) in [4.78, 5) is 12.7. The van der Waals surface area contributed by atoms with Gasteiger partial charge in [0.05, 0.1) is 16.1 Å². The maximum Gasteiger partial charge on any atom is 0.255 e. The Morgan fingerprint density at radius 1 is 1.33 bits per heavy atom. The summed E-state index contributed by atoms with van der Waals surface area (Å²) in [6.07, 6.45) is 1.79. The molecule has 0 saturated heterocycles. The van der Waals surface area contributed by atoms with Gasteiger partial charge < -0.3 is 10.6 Å². The largest absolute Gasteiger partial charge is 0.350 e. The van der Waals surface area contributed by atoms with E-state index in [-0.39, 0.29) is 17.5 Å². The third-order valence-electron chi connectivity index (χ3n) is 3.84. The molecule has 0 aliphatic rings. The molecule has 1 atom stereocenters. The Kier molecular flexibility index (Phi) is 5.67. The molecule has 0 aliphatic carbocycles. The smallest absolute Gasteiger partial charge is 0.255 e. The SMILES string of the molecule is CNC(C)CNC(=O)c1cn(C(C)(C)C)nc1-c1ccccc1Cl. The molecular formula is C18H25ClN4O. The van der Waals surface area contributed by atoms with Gasteiger partial charge in [-0.25, -0.2) is 0 Å². The highest BCUT2D eigenvalue weighted by atomic mass is 35.5. The molecule has 2 aromatic rings. The topological polar surface area (TPSA) is 58.9 Å². The lowest BCUT2D eigenvalue weighted by Crippen LogP contribution is -2.37. The summed E-state index contributed by atoms with van der Waals surface area (Å²) in [5.41, 5.74) is 1.66. The molecule has 2 rings (SSSR count). The number of rotatable bonds is 5.